The number of nitrogens with one attached hydrogen (secondary N) is 2. The minimum absolute atomic E-state index is 0.0206. The smallest absolute Gasteiger partial charge is 0.265 e. The average molecular weight is 441 g/mol. The number of rotatable bonds is 10. The maximum atomic E-state index is 12.3. The van der Waals surface area contributed by atoms with Crippen LogP contribution in [0.4, 0.5) is 5.69 Å². The van der Waals surface area contributed by atoms with E-state index < -0.39 is 0 Å². The quantitative estimate of drug-likeness (QED) is 0.336. The van der Waals surface area contributed by atoms with Gasteiger partial charge in [-0.15, -0.1) is 0 Å². The molecule has 8 nitrogen and oxygen atoms in total. The molecule has 172 valence electrons. The summed E-state index contributed by atoms with van der Waals surface area (Å²) in [5.41, 5.74) is 0.827. The van der Waals surface area contributed by atoms with Crippen molar-refractivity contribution in [3.8, 4) is 17.2 Å². The Balaban J connectivity index is 1.47. The maximum absolute atomic E-state index is 12.3. The first-order valence-corrected chi connectivity index (χ1v) is 11.0. The van der Waals surface area contributed by atoms with Gasteiger partial charge < -0.3 is 29.7 Å². The molecule has 0 saturated heterocycles. The summed E-state index contributed by atoms with van der Waals surface area (Å²) in [6.45, 7) is 6.64. The van der Waals surface area contributed by atoms with Crippen LogP contribution in [0.1, 0.15) is 20.3 Å². The maximum Gasteiger partial charge on any atom is 0.265 e. The topological polar surface area (TPSA) is 84.4 Å². The number of methoxy groups -OCH3 is 1. The molecule has 2 aromatic carbocycles. The molecular formula is C24H32N4O4. The zero-order chi connectivity index (χ0) is 22.8. The second-order valence-electron chi connectivity index (χ2n) is 7.41. The first-order chi connectivity index (χ1) is 15.6. The van der Waals surface area contributed by atoms with E-state index in [0.29, 0.717) is 19.6 Å². The molecule has 1 atom stereocenters. The molecule has 1 unspecified atom stereocenters. The standard InChI is InChI=1S/C24H32N4O4/c1-4-25-24(27-16-18(2)32-20-10-7-9-19(15-20)30-3)26-13-8-14-28-21-11-5-6-12-22(21)31-17-23(28)29/h5-7,9-12,15,18H,4,8,13-14,16-17H2,1-3H3,(H2,25,26,27). The van der Waals surface area contributed by atoms with E-state index in [-0.39, 0.29) is 18.6 Å². The number of nitrogens with zero attached hydrogens (tertiary/aromatic N) is 2. The summed E-state index contributed by atoms with van der Waals surface area (Å²) >= 11 is 0. The lowest BCUT2D eigenvalue weighted by atomic mass is 10.2. The zero-order valence-corrected chi connectivity index (χ0v) is 19.0. The summed E-state index contributed by atoms with van der Waals surface area (Å²) in [5, 5.41) is 6.58. The molecule has 3 rings (SSSR count). The number of anilines is 1. The fourth-order valence-electron chi connectivity index (χ4n) is 3.35. The van der Waals surface area contributed by atoms with Crippen LogP contribution in [0.25, 0.3) is 0 Å². The normalized spacial score (nSPS) is 14.3. The van der Waals surface area contributed by atoms with Gasteiger partial charge in [-0.2, -0.15) is 0 Å². The van der Waals surface area contributed by atoms with Gasteiger partial charge in [-0.25, -0.2) is 4.99 Å². The highest BCUT2D eigenvalue weighted by atomic mass is 16.5. The largest absolute Gasteiger partial charge is 0.497 e. The third kappa shape index (κ3) is 6.54. The molecule has 0 aliphatic carbocycles. The third-order valence-electron chi connectivity index (χ3n) is 4.89. The van der Waals surface area contributed by atoms with Crippen molar-refractivity contribution in [1.29, 1.82) is 0 Å². The fourth-order valence-corrected chi connectivity index (χ4v) is 3.35. The zero-order valence-electron chi connectivity index (χ0n) is 19.0. The molecule has 1 aliphatic heterocycles. The van der Waals surface area contributed by atoms with E-state index in [2.05, 4.69) is 15.6 Å². The number of para-hydroxylation sites is 2. The highest BCUT2D eigenvalue weighted by Gasteiger charge is 2.24. The second kappa shape index (κ2) is 11.8. The lowest BCUT2D eigenvalue weighted by Gasteiger charge is -2.29. The number of hydrogen-bond acceptors (Lipinski definition) is 5. The Hall–Kier alpha value is -3.42. The van der Waals surface area contributed by atoms with E-state index in [0.717, 1.165) is 41.9 Å². The van der Waals surface area contributed by atoms with Gasteiger partial charge in [0.25, 0.3) is 5.91 Å². The molecule has 2 aromatic rings. The van der Waals surface area contributed by atoms with Gasteiger partial charge in [0.1, 0.15) is 23.4 Å². The predicted molar refractivity (Wildman–Crippen MR) is 126 cm³/mol. The Kier molecular flexibility index (Phi) is 8.60. The number of guanidine groups is 1. The Morgan fingerprint density at radius 3 is 2.81 bits per heavy atom. The van der Waals surface area contributed by atoms with Crippen LogP contribution >= 0.6 is 0 Å². The Bertz CT molecular complexity index is 918. The average Bonchev–Trinajstić information content (AvgIpc) is 2.81. The first-order valence-electron chi connectivity index (χ1n) is 11.0. The van der Waals surface area contributed by atoms with Gasteiger partial charge in [0.05, 0.1) is 19.3 Å². The third-order valence-corrected chi connectivity index (χ3v) is 4.89. The molecule has 0 aromatic heterocycles. The van der Waals surface area contributed by atoms with Crippen LogP contribution in [0.3, 0.4) is 0 Å². The molecule has 0 bridgehead atoms. The monoisotopic (exact) mass is 440 g/mol. The number of hydrogen-bond donors (Lipinski definition) is 2. The lowest BCUT2D eigenvalue weighted by molar-refractivity contribution is -0.121. The number of carbonyl (C=O) groups excluding carboxylic acids is 1. The van der Waals surface area contributed by atoms with Gasteiger partial charge in [-0.1, -0.05) is 18.2 Å². The van der Waals surface area contributed by atoms with Crippen molar-refractivity contribution >= 4 is 17.6 Å². The van der Waals surface area contributed by atoms with Crippen LogP contribution in [0.5, 0.6) is 17.2 Å². The molecule has 1 heterocycles. The minimum Gasteiger partial charge on any atom is -0.497 e. The number of aliphatic imine (C=N–C) groups is 1. The van der Waals surface area contributed by atoms with Crippen LogP contribution in [-0.4, -0.2) is 57.9 Å². The number of fused-ring (bicyclic) bond motifs is 1. The molecule has 0 spiro atoms. The first kappa shape index (κ1) is 23.2. The van der Waals surface area contributed by atoms with Crippen molar-refractivity contribution in [2.45, 2.75) is 26.4 Å². The molecular weight excluding hydrogens is 408 g/mol. The van der Waals surface area contributed by atoms with E-state index in [1.165, 1.54) is 0 Å². The van der Waals surface area contributed by atoms with E-state index in [1.54, 1.807) is 12.0 Å². The van der Waals surface area contributed by atoms with Gasteiger partial charge in [-0.3, -0.25) is 4.79 Å². The Morgan fingerprint density at radius 1 is 1.19 bits per heavy atom. The number of ether oxygens (including phenoxy) is 3. The van der Waals surface area contributed by atoms with Crippen molar-refractivity contribution in [2.24, 2.45) is 4.99 Å². The van der Waals surface area contributed by atoms with E-state index in [1.807, 2.05) is 62.4 Å². The lowest BCUT2D eigenvalue weighted by Crippen LogP contribution is -2.42. The molecule has 8 heteroatoms. The number of carbonyl (C=O) groups is 1. The van der Waals surface area contributed by atoms with Crippen molar-refractivity contribution in [2.75, 3.05) is 44.8 Å². The van der Waals surface area contributed by atoms with Gasteiger partial charge >= 0.3 is 0 Å². The predicted octanol–water partition coefficient (Wildman–Crippen LogP) is 2.83. The summed E-state index contributed by atoms with van der Waals surface area (Å²) in [4.78, 5) is 18.7. The van der Waals surface area contributed by atoms with E-state index in [9.17, 15) is 4.79 Å². The van der Waals surface area contributed by atoms with Crippen molar-refractivity contribution in [1.82, 2.24) is 10.6 Å². The van der Waals surface area contributed by atoms with Crippen molar-refractivity contribution in [3.05, 3.63) is 48.5 Å². The summed E-state index contributed by atoms with van der Waals surface area (Å²) in [5.74, 6) is 2.96. The molecule has 2 N–H and O–H groups in total. The summed E-state index contributed by atoms with van der Waals surface area (Å²) in [6.07, 6.45) is 0.681. The van der Waals surface area contributed by atoms with Gasteiger partial charge in [-0.05, 0) is 44.5 Å². The van der Waals surface area contributed by atoms with Gasteiger partial charge in [0.15, 0.2) is 12.6 Å². The Labute approximate surface area is 189 Å². The molecule has 0 fully saturated rings. The highest BCUT2D eigenvalue weighted by Crippen LogP contribution is 2.31. The van der Waals surface area contributed by atoms with Crippen LogP contribution in [0, 0.1) is 0 Å². The number of amides is 1. The molecule has 0 saturated carbocycles. The van der Waals surface area contributed by atoms with Crippen molar-refractivity contribution in [3.63, 3.8) is 0 Å². The molecule has 1 amide bonds. The van der Waals surface area contributed by atoms with Crippen LogP contribution in [-0.2, 0) is 4.79 Å². The van der Waals surface area contributed by atoms with E-state index >= 15 is 0 Å². The molecule has 0 radical (unpaired) electrons. The van der Waals surface area contributed by atoms with Gasteiger partial charge in [0, 0.05) is 25.7 Å². The fraction of sp³-hybridized carbons (Fsp3) is 0.417. The minimum atomic E-state index is -0.0972. The SMILES string of the molecule is CCNC(=NCC(C)Oc1cccc(OC)c1)NCCCN1C(=O)COc2ccccc21. The molecule has 1 aliphatic rings. The second-order valence-corrected chi connectivity index (χ2v) is 7.41. The summed E-state index contributed by atoms with van der Waals surface area (Å²) in [6, 6.07) is 15.2. The van der Waals surface area contributed by atoms with Crippen LogP contribution < -0.4 is 29.7 Å². The van der Waals surface area contributed by atoms with Crippen LogP contribution in [0.2, 0.25) is 0 Å². The van der Waals surface area contributed by atoms with Gasteiger partial charge in [0.2, 0.25) is 0 Å². The summed E-state index contributed by atoms with van der Waals surface area (Å²) in [7, 11) is 1.63. The van der Waals surface area contributed by atoms with E-state index in [4.69, 9.17) is 14.2 Å². The van der Waals surface area contributed by atoms with Crippen molar-refractivity contribution < 1.29 is 19.0 Å². The molecule has 32 heavy (non-hydrogen) atoms. The number of benzene rings is 2. The summed E-state index contributed by atoms with van der Waals surface area (Å²) < 4.78 is 16.7. The van der Waals surface area contributed by atoms with Crippen LogP contribution in [0.15, 0.2) is 53.5 Å². The Morgan fingerprint density at radius 2 is 2.00 bits per heavy atom. The highest BCUT2D eigenvalue weighted by molar-refractivity contribution is 5.97.